The van der Waals surface area contributed by atoms with Gasteiger partial charge in [-0.25, -0.2) is 8.42 Å². The minimum atomic E-state index is -3.72. The maximum Gasteiger partial charge on any atom is 0.264 e. The van der Waals surface area contributed by atoms with Crippen molar-refractivity contribution in [2.75, 3.05) is 10.8 Å². The third kappa shape index (κ3) is 2.74. The van der Waals surface area contributed by atoms with Crippen LogP contribution in [0.4, 0.5) is 5.69 Å². The van der Waals surface area contributed by atoms with Gasteiger partial charge in [-0.1, -0.05) is 43.0 Å². The van der Waals surface area contributed by atoms with Crippen molar-refractivity contribution in [3.8, 4) is 5.75 Å². The van der Waals surface area contributed by atoms with E-state index in [-0.39, 0.29) is 17.5 Å². The van der Waals surface area contributed by atoms with Crippen LogP contribution in [0.15, 0.2) is 78.2 Å². The van der Waals surface area contributed by atoms with Gasteiger partial charge in [-0.15, -0.1) is 0 Å². The van der Waals surface area contributed by atoms with Gasteiger partial charge in [0.2, 0.25) is 0 Å². The van der Waals surface area contributed by atoms with Crippen LogP contribution in [-0.4, -0.2) is 21.1 Å². The number of benzene rings is 3. The van der Waals surface area contributed by atoms with E-state index in [1.54, 1.807) is 24.3 Å². The molecule has 132 valence electrons. The summed E-state index contributed by atoms with van der Waals surface area (Å²) in [6, 6.07) is 18.5. The van der Waals surface area contributed by atoms with E-state index < -0.39 is 10.0 Å². The number of anilines is 1. The molecule has 0 saturated carbocycles. The van der Waals surface area contributed by atoms with Gasteiger partial charge in [-0.05, 0) is 53.6 Å². The third-order valence-electron chi connectivity index (χ3n) is 4.58. The highest BCUT2D eigenvalue weighted by atomic mass is 32.2. The first-order chi connectivity index (χ1) is 12.5. The second kappa shape index (κ2) is 6.18. The smallest absolute Gasteiger partial charge is 0.264 e. The zero-order chi connectivity index (χ0) is 18.3. The summed E-state index contributed by atoms with van der Waals surface area (Å²) in [5, 5.41) is 1.90. The van der Waals surface area contributed by atoms with Gasteiger partial charge < -0.3 is 4.74 Å². The first-order valence-corrected chi connectivity index (χ1v) is 9.84. The lowest BCUT2D eigenvalue weighted by atomic mass is 10.1. The van der Waals surface area contributed by atoms with Crippen LogP contribution in [-0.2, 0) is 10.0 Å². The minimum Gasteiger partial charge on any atom is -0.482 e. The van der Waals surface area contributed by atoms with Crippen LogP contribution in [0.5, 0.6) is 5.75 Å². The summed E-state index contributed by atoms with van der Waals surface area (Å²) >= 11 is 0. The Kier molecular flexibility index (Phi) is 3.96. The predicted molar refractivity (Wildman–Crippen MR) is 104 cm³/mol. The van der Waals surface area contributed by atoms with E-state index in [1.807, 2.05) is 49.4 Å². The molecule has 3 aromatic carbocycles. The van der Waals surface area contributed by atoms with Gasteiger partial charge in [0, 0.05) is 0 Å². The van der Waals surface area contributed by atoms with Crippen LogP contribution in [0.1, 0.15) is 5.56 Å². The van der Waals surface area contributed by atoms with Crippen LogP contribution in [0, 0.1) is 6.92 Å². The van der Waals surface area contributed by atoms with Crippen molar-refractivity contribution >= 4 is 26.5 Å². The molecular weight excluding hydrogens is 346 g/mol. The Morgan fingerprint density at radius 3 is 2.62 bits per heavy atom. The SMILES string of the molecule is C=C[C@H]1CN(S(=O)(=O)c2ccc3ccccc3c2)c2ccc(C)cc2O1. The predicted octanol–water partition coefficient (Wildman–Crippen LogP) is 4.29. The molecule has 0 N–H and O–H groups in total. The molecule has 26 heavy (non-hydrogen) atoms. The summed E-state index contributed by atoms with van der Waals surface area (Å²) in [7, 11) is -3.72. The zero-order valence-electron chi connectivity index (χ0n) is 14.4. The summed E-state index contributed by atoms with van der Waals surface area (Å²) in [6.45, 7) is 5.91. The molecule has 0 aliphatic carbocycles. The summed E-state index contributed by atoms with van der Waals surface area (Å²) in [5.41, 5.74) is 1.57. The summed E-state index contributed by atoms with van der Waals surface area (Å²) in [6.07, 6.45) is 1.24. The molecule has 5 heteroatoms. The summed E-state index contributed by atoms with van der Waals surface area (Å²) in [4.78, 5) is 0.271. The van der Waals surface area contributed by atoms with E-state index in [9.17, 15) is 8.42 Å². The Hall–Kier alpha value is -2.79. The second-order valence-corrected chi connectivity index (χ2v) is 8.27. The van der Waals surface area contributed by atoms with Crippen LogP contribution >= 0.6 is 0 Å². The first kappa shape index (κ1) is 16.7. The number of hydrogen-bond acceptors (Lipinski definition) is 3. The van der Waals surface area contributed by atoms with Crippen molar-refractivity contribution in [3.05, 3.63) is 78.9 Å². The van der Waals surface area contributed by atoms with Crippen molar-refractivity contribution in [1.82, 2.24) is 0 Å². The Morgan fingerprint density at radius 1 is 1.08 bits per heavy atom. The molecule has 0 fully saturated rings. The fraction of sp³-hybridized carbons (Fsp3) is 0.143. The Labute approximate surface area is 153 Å². The van der Waals surface area contributed by atoms with Crippen molar-refractivity contribution in [1.29, 1.82) is 0 Å². The molecule has 0 aromatic heterocycles. The first-order valence-electron chi connectivity index (χ1n) is 8.40. The van der Waals surface area contributed by atoms with Gasteiger partial charge in [0.1, 0.15) is 11.9 Å². The Balaban J connectivity index is 1.85. The zero-order valence-corrected chi connectivity index (χ0v) is 15.2. The maximum atomic E-state index is 13.4. The maximum absolute atomic E-state index is 13.4. The second-order valence-electron chi connectivity index (χ2n) is 6.41. The van der Waals surface area contributed by atoms with Crippen LogP contribution in [0.25, 0.3) is 10.8 Å². The number of hydrogen-bond donors (Lipinski definition) is 0. The summed E-state index contributed by atoms with van der Waals surface area (Å²) in [5.74, 6) is 0.561. The van der Waals surface area contributed by atoms with Crippen LogP contribution in [0.3, 0.4) is 0 Å². The normalized spacial score (nSPS) is 16.8. The van der Waals surface area contributed by atoms with Gasteiger partial charge in [0.25, 0.3) is 10.0 Å². The van der Waals surface area contributed by atoms with Crippen molar-refractivity contribution in [3.63, 3.8) is 0 Å². The highest BCUT2D eigenvalue weighted by Crippen LogP contribution is 2.38. The molecule has 1 heterocycles. The van der Waals surface area contributed by atoms with Gasteiger partial charge in [-0.3, -0.25) is 4.31 Å². The molecule has 4 rings (SSSR count). The minimum absolute atomic E-state index is 0.203. The van der Waals surface area contributed by atoms with E-state index >= 15 is 0 Å². The molecule has 0 bridgehead atoms. The van der Waals surface area contributed by atoms with Gasteiger partial charge in [-0.2, -0.15) is 0 Å². The molecule has 0 radical (unpaired) electrons. The Morgan fingerprint density at radius 2 is 1.85 bits per heavy atom. The van der Waals surface area contributed by atoms with Crippen molar-refractivity contribution < 1.29 is 13.2 Å². The molecule has 0 amide bonds. The Bertz CT molecular complexity index is 1110. The molecule has 3 aromatic rings. The molecule has 4 nitrogen and oxygen atoms in total. The largest absolute Gasteiger partial charge is 0.482 e. The van der Waals surface area contributed by atoms with Crippen molar-refractivity contribution in [2.45, 2.75) is 17.9 Å². The highest BCUT2D eigenvalue weighted by Gasteiger charge is 2.33. The quantitative estimate of drug-likeness (QED) is 0.651. The number of nitrogens with zero attached hydrogens (tertiary/aromatic N) is 1. The van der Waals surface area contributed by atoms with Crippen molar-refractivity contribution in [2.24, 2.45) is 0 Å². The lowest BCUT2D eigenvalue weighted by molar-refractivity contribution is 0.246. The third-order valence-corrected chi connectivity index (χ3v) is 6.36. The number of fused-ring (bicyclic) bond motifs is 2. The molecular formula is C21H19NO3S. The van der Waals surface area contributed by atoms with Crippen LogP contribution < -0.4 is 9.04 Å². The van der Waals surface area contributed by atoms with E-state index in [0.29, 0.717) is 11.4 Å². The fourth-order valence-corrected chi connectivity index (χ4v) is 4.71. The van der Waals surface area contributed by atoms with Crippen LogP contribution in [0.2, 0.25) is 0 Å². The summed E-state index contributed by atoms with van der Waals surface area (Å²) < 4.78 is 34.0. The average molecular weight is 365 g/mol. The van der Waals surface area contributed by atoms with E-state index in [0.717, 1.165) is 16.3 Å². The molecule has 0 unspecified atom stereocenters. The van der Waals surface area contributed by atoms with E-state index in [2.05, 4.69) is 6.58 Å². The molecule has 1 atom stereocenters. The standard InChI is InChI=1S/C21H19NO3S/c1-3-18-14-22(20-11-8-15(2)12-21(20)25-18)26(23,24)19-10-9-16-6-4-5-7-17(16)13-19/h3-13,18H,1,14H2,2H3/t18-/m0/s1. The van der Waals surface area contributed by atoms with Gasteiger partial charge in [0.15, 0.2) is 0 Å². The lowest BCUT2D eigenvalue weighted by Gasteiger charge is -2.34. The average Bonchev–Trinajstić information content (AvgIpc) is 2.66. The number of aryl methyl sites for hydroxylation is 1. The van der Waals surface area contributed by atoms with Gasteiger partial charge in [0.05, 0.1) is 17.1 Å². The van der Waals surface area contributed by atoms with E-state index in [4.69, 9.17) is 4.74 Å². The number of rotatable bonds is 3. The lowest BCUT2D eigenvalue weighted by Crippen LogP contribution is -2.42. The topological polar surface area (TPSA) is 46.6 Å². The number of ether oxygens (including phenoxy) is 1. The van der Waals surface area contributed by atoms with Gasteiger partial charge >= 0.3 is 0 Å². The van der Waals surface area contributed by atoms with E-state index in [1.165, 1.54) is 4.31 Å². The highest BCUT2D eigenvalue weighted by molar-refractivity contribution is 7.92. The molecule has 0 spiro atoms. The monoisotopic (exact) mass is 365 g/mol. The molecule has 0 saturated heterocycles. The molecule has 1 aliphatic rings. The number of sulfonamides is 1. The molecule has 1 aliphatic heterocycles. The fourth-order valence-electron chi connectivity index (χ4n) is 3.19.